The summed E-state index contributed by atoms with van der Waals surface area (Å²) >= 11 is 3.40. The van der Waals surface area contributed by atoms with Crippen molar-refractivity contribution in [2.24, 2.45) is 0 Å². The first-order valence-corrected chi connectivity index (χ1v) is 8.45. The van der Waals surface area contributed by atoms with E-state index in [4.69, 9.17) is 0 Å². The maximum absolute atomic E-state index is 12.1. The predicted molar refractivity (Wildman–Crippen MR) is 87.2 cm³/mol. The highest BCUT2D eigenvalue weighted by Gasteiger charge is 2.28. The molecule has 0 saturated carbocycles. The number of carbonyl (C=O) groups is 1. The number of likely N-dealkylation sites (tertiary alicyclic amines) is 1. The smallest absolute Gasteiger partial charge is 0.162 e. The molecule has 1 heterocycles. The van der Waals surface area contributed by atoms with Gasteiger partial charge in [-0.2, -0.15) is 0 Å². The van der Waals surface area contributed by atoms with Crippen molar-refractivity contribution >= 4 is 21.7 Å². The average Bonchev–Trinajstić information content (AvgIpc) is 2.80. The molecule has 3 heteroatoms. The summed E-state index contributed by atoms with van der Waals surface area (Å²) in [6.07, 6.45) is 5.47. The molecule has 0 amide bonds. The van der Waals surface area contributed by atoms with E-state index in [2.05, 4.69) is 34.7 Å². The van der Waals surface area contributed by atoms with Gasteiger partial charge < -0.3 is 0 Å². The Labute approximate surface area is 130 Å². The van der Waals surface area contributed by atoms with Gasteiger partial charge in [-0.1, -0.05) is 35.0 Å². The van der Waals surface area contributed by atoms with E-state index in [-0.39, 0.29) is 5.78 Å². The first-order chi connectivity index (χ1) is 9.61. The summed E-state index contributed by atoms with van der Waals surface area (Å²) in [5, 5.41) is 0. The van der Waals surface area contributed by atoms with Crippen molar-refractivity contribution in [2.75, 3.05) is 6.54 Å². The van der Waals surface area contributed by atoms with Gasteiger partial charge in [-0.15, -0.1) is 0 Å². The van der Waals surface area contributed by atoms with Crippen LogP contribution in [0, 0.1) is 0 Å². The maximum atomic E-state index is 12.1. The highest BCUT2D eigenvalue weighted by molar-refractivity contribution is 9.10. The Kier molecular flexibility index (Phi) is 5.79. The maximum Gasteiger partial charge on any atom is 0.162 e. The van der Waals surface area contributed by atoms with E-state index >= 15 is 0 Å². The van der Waals surface area contributed by atoms with Crippen LogP contribution in [-0.4, -0.2) is 29.3 Å². The van der Waals surface area contributed by atoms with E-state index in [0.29, 0.717) is 12.5 Å². The van der Waals surface area contributed by atoms with Gasteiger partial charge in [-0.25, -0.2) is 0 Å². The number of benzene rings is 1. The highest BCUT2D eigenvalue weighted by atomic mass is 79.9. The van der Waals surface area contributed by atoms with E-state index in [1.54, 1.807) is 0 Å². The van der Waals surface area contributed by atoms with Crippen LogP contribution in [0.4, 0.5) is 0 Å². The third-order valence-electron chi connectivity index (χ3n) is 4.41. The Morgan fingerprint density at radius 3 is 2.65 bits per heavy atom. The molecule has 0 spiro atoms. The molecule has 2 nitrogen and oxygen atoms in total. The molecule has 0 aromatic heterocycles. The number of hydrogen-bond donors (Lipinski definition) is 0. The van der Waals surface area contributed by atoms with Gasteiger partial charge >= 0.3 is 0 Å². The van der Waals surface area contributed by atoms with E-state index in [1.807, 2.05) is 24.3 Å². The molecule has 0 bridgehead atoms. The summed E-state index contributed by atoms with van der Waals surface area (Å²) in [4.78, 5) is 14.7. The number of hydrogen-bond acceptors (Lipinski definition) is 2. The number of halogens is 1. The molecule has 1 fully saturated rings. The Balaban J connectivity index is 1.80. The van der Waals surface area contributed by atoms with Gasteiger partial charge in [0, 0.05) is 28.5 Å². The molecule has 1 aliphatic heterocycles. The van der Waals surface area contributed by atoms with Crippen LogP contribution in [0.15, 0.2) is 28.7 Å². The predicted octanol–water partition coefficient (Wildman–Crippen LogP) is 4.67. The number of ketones is 1. The molecule has 2 unspecified atom stereocenters. The lowest BCUT2D eigenvalue weighted by Gasteiger charge is -2.27. The fourth-order valence-electron chi connectivity index (χ4n) is 3.17. The fraction of sp³-hybridized carbons (Fsp3) is 0.588. The summed E-state index contributed by atoms with van der Waals surface area (Å²) in [5.74, 6) is 0.261. The first-order valence-electron chi connectivity index (χ1n) is 7.66. The third-order valence-corrected chi connectivity index (χ3v) is 4.94. The van der Waals surface area contributed by atoms with Crippen LogP contribution in [0.5, 0.6) is 0 Å². The van der Waals surface area contributed by atoms with Gasteiger partial charge in [0.25, 0.3) is 0 Å². The number of rotatable bonds is 6. The molecular formula is C17H24BrNO. The normalized spacial score (nSPS) is 23.1. The summed E-state index contributed by atoms with van der Waals surface area (Å²) in [6.45, 7) is 5.64. The van der Waals surface area contributed by atoms with Crippen molar-refractivity contribution in [1.82, 2.24) is 4.90 Å². The van der Waals surface area contributed by atoms with Crippen LogP contribution in [0.3, 0.4) is 0 Å². The lowest BCUT2D eigenvalue weighted by Crippen LogP contribution is -2.35. The number of carbonyl (C=O) groups excluding carboxylic acids is 1. The van der Waals surface area contributed by atoms with Crippen molar-refractivity contribution in [3.8, 4) is 0 Å². The van der Waals surface area contributed by atoms with Gasteiger partial charge in [0.2, 0.25) is 0 Å². The zero-order chi connectivity index (χ0) is 14.5. The highest BCUT2D eigenvalue weighted by Crippen LogP contribution is 2.26. The van der Waals surface area contributed by atoms with Crippen LogP contribution in [0.1, 0.15) is 56.3 Å². The molecule has 20 heavy (non-hydrogen) atoms. The number of Topliss-reactive ketones (excluding diaryl/α,β-unsaturated/α-hetero) is 1. The van der Waals surface area contributed by atoms with Gasteiger partial charge in [-0.3, -0.25) is 9.69 Å². The van der Waals surface area contributed by atoms with Crippen molar-refractivity contribution in [2.45, 2.75) is 58.0 Å². The third kappa shape index (κ3) is 3.92. The molecule has 1 aromatic carbocycles. The first kappa shape index (κ1) is 15.7. The summed E-state index contributed by atoms with van der Waals surface area (Å²) in [6, 6.07) is 9.08. The number of nitrogens with zero attached hydrogens (tertiary/aromatic N) is 1. The second-order valence-electron chi connectivity index (χ2n) is 5.76. The summed E-state index contributed by atoms with van der Waals surface area (Å²) in [5.41, 5.74) is 0.828. The SMILES string of the molecule is CCC1CCC(C)N1CCCC(=O)c1ccc(Br)cc1. The lowest BCUT2D eigenvalue weighted by atomic mass is 10.1. The molecule has 2 atom stereocenters. The second kappa shape index (κ2) is 7.37. The standard InChI is InChI=1S/C17H24BrNO/c1-3-16-11-6-13(2)19(16)12-4-5-17(20)14-7-9-15(18)10-8-14/h7-10,13,16H,3-6,11-12H2,1-2H3. The van der Waals surface area contributed by atoms with Gasteiger partial charge in [-0.05, 0) is 51.3 Å². The molecular weight excluding hydrogens is 314 g/mol. The monoisotopic (exact) mass is 337 g/mol. The molecule has 1 aromatic rings. The Morgan fingerprint density at radius 1 is 1.30 bits per heavy atom. The van der Waals surface area contributed by atoms with E-state index in [9.17, 15) is 4.79 Å². The Morgan fingerprint density at radius 2 is 2.00 bits per heavy atom. The van der Waals surface area contributed by atoms with Crippen molar-refractivity contribution in [3.05, 3.63) is 34.3 Å². The Hall–Kier alpha value is -0.670. The van der Waals surface area contributed by atoms with Gasteiger partial charge in [0.15, 0.2) is 5.78 Å². The molecule has 1 aliphatic rings. The minimum absolute atomic E-state index is 0.261. The topological polar surface area (TPSA) is 20.3 Å². The summed E-state index contributed by atoms with van der Waals surface area (Å²) < 4.78 is 1.02. The minimum Gasteiger partial charge on any atom is -0.298 e. The molecule has 0 N–H and O–H groups in total. The van der Waals surface area contributed by atoms with Gasteiger partial charge in [0.1, 0.15) is 0 Å². The molecule has 110 valence electrons. The zero-order valence-corrected chi connectivity index (χ0v) is 14.0. The minimum atomic E-state index is 0.261. The van der Waals surface area contributed by atoms with E-state index in [0.717, 1.165) is 29.0 Å². The molecule has 0 aliphatic carbocycles. The molecule has 2 rings (SSSR count). The van der Waals surface area contributed by atoms with E-state index < -0.39 is 0 Å². The second-order valence-corrected chi connectivity index (χ2v) is 6.68. The van der Waals surface area contributed by atoms with Gasteiger partial charge in [0.05, 0.1) is 0 Å². The summed E-state index contributed by atoms with van der Waals surface area (Å²) in [7, 11) is 0. The largest absolute Gasteiger partial charge is 0.298 e. The van der Waals surface area contributed by atoms with Crippen molar-refractivity contribution < 1.29 is 4.79 Å². The zero-order valence-electron chi connectivity index (χ0n) is 12.4. The average molecular weight is 338 g/mol. The van der Waals surface area contributed by atoms with Crippen LogP contribution in [0.2, 0.25) is 0 Å². The van der Waals surface area contributed by atoms with Crippen LogP contribution in [-0.2, 0) is 0 Å². The van der Waals surface area contributed by atoms with E-state index in [1.165, 1.54) is 19.3 Å². The lowest BCUT2D eigenvalue weighted by molar-refractivity contribution is 0.0969. The quantitative estimate of drug-likeness (QED) is 0.702. The molecule has 0 radical (unpaired) electrons. The fourth-order valence-corrected chi connectivity index (χ4v) is 3.43. The van der Waals surface area contributed by atoms with Crippen LogP contribution < -0.4 is 0 Å². The van der Waals surface area contributed by atoms with Crippen LogP contribution >= 0.6 is 15.9 Å². The Bertz CT molecular complexity index is 443. The van der Waals surface area contributed by atoms with Crippen molar-refractivity contribution in [3.63, 3.8) is 0 Å². The van der Waals surface area contributed by atoms with Crippen LogP contribution in [0.25, 0.3) is 0 Å². The molecule has 1 saturated heterocycles. The van der Waals surface area contributed by atoms with Crippen molar-refractivity contribution in [1.29, 1.82) is 0 Å².